The first kappa shape index (κ1) is 29.8. The largest absolute Gasteiger partial charge is 0.396 e. The number of nitrogens with zero attached hydrogens (tertiary/aromatic N) is 3. The number of likely N-dealkylation sites (tertiary alicyclic amines) is 1. The molecule has 3 amide bonds. The molecule has 6 atom stereocenters. The number of fused-ring (bicyclic) bond motifs is 1. The van der Waals surface area contributed by atoms with Gasteiger partial charge in [-0.25, -0.2) is 0 Å². The van der Waals surface area contributed by atoms with Gasteiger partial charge in [0.1, 0.15) is 11.6 Å². The van der Waals surface area contributed by atoms with Crippen LogP contribution >= 0.6 is 15.9 Å². The van der Waals surface area contributed by atoms with E-state index in [1.807, 2.05) is 27.7 Å². The zero-order valence-electron chi connectivity index (χ0n) is 22.8. The molecule has 3 unspecified atom stereocenters. The summed E-state index contributed by atoms with van der Waals surface area (Å²) >= 11 is 3.74. The number of alkyl halides is 1. The summed E-state index contributed by atoms with van der Waals surface area (Å²) in [5, 5.41) is 9.23. The van der Waals surface area contributed by atoms with Crippen LogP contribution in [0.3, 0.4) is 0 Å². The normalized spacial score (nSPS) is 30.4. The quantitative estimate of drug-likeness (QED) is 0.205. The van der Waals surface area contributed by atoms with E-state index < -0.39 is 35.1 Å². The number of aliphatic hydroxyl groups is 1. The Kier molecular flexibility index (Phi) is 9.67. The number of carbonyl (C=O) groups excluding carboxylic acids is 3. The van der Waals surface area contributed by atoms with Gasteiger partial charge in [-0.1, -0.05) is 35.0 Å². The molecule has 3 aliphatic rings. The lowest BCUT2D eigenvalue weighted by atomic mass is 9.70. The highest BCUT2D eigenvalue weighted by atomic mass is 79.9. The van der Waals surface area contributed by atoms with E-state index in [1.165, 1.54) is 0 Å². The van der Waals surface area contributed by atoms with Gasteiger partial charge < -0.3 is 24.5 Å². The molecule has 3 saturated heterocycles. The highest BCUT2D eigenvalue weighted by Gasteiger charge is 2.77. The molecule has 0 aromatic rings. The Bertz CT molecular complexity index is 890. The van der Waals surface area contributed by atoms with Gasteiger partial charge in [0.25, 0.3) is 0 Å². The molecule has 3 heterocycles. The fourth-order valence-corrected chi connectivity index (χ4v) is 7.34. The lowest BCUT2D eigenvalue weighted by Gasteiger charge is -2.42. The standard InChI is InChI=1S/C28H44BrN3O5/c1-7-13-30(14-8-2)24(34)20-21-25(35)31(16-11-10-12-17-33)23(28(21)18-19(29)22(20)37-28)26(36)32(15-9-3)27(4,5)6/h7,9,19-23,33H,1,3,8,10-18H2,2,4-6H3/t19?,20-,21+,22-,23?,28?/m1/s1. The highest BCUT2D eigenvalue weighted by molar-refractivity contribution is 9.09. The van der Waals surface area contributed by atoms with Crippen molar-refractivity contribution in [3.8, 4) is 0 Å². The second-order valence-corrected chi connectivity index (χ2v) is 12.6. The molecular weight excluding hydrogens is 538 g/mol. The van der Waals surface area contributed by atoms with Crippen LogP contribution in [0.4, 0.5) is 0 Å². The molecule has 3 aliphatic heterocycles. The Morgan fingerprint density at radius 2 is 1.86 bits per heavy atom. The first-order chi connectivity index (χ1) is 17.5. The molecule has 2 bridgehead atoms. The van der Waals surface area contributed by atoms with Crippen molar-refractivity contribution in [1.82, 2.24) is 14.7 Å². The summed E-state index contributed by atoms with van der Waals surface area (Å²) in [5.41, 5.74) is -1.56. The number of hydrogen-bond acceptors (Lipinski definition) is 5. The number of rotatable bonds is 13. The predicted molar refractivity (Wildman–Crippen MR) is 147 cm³/mol. The van der Waals surface area contributed by atoms with Crippen LogP contribution in [0, 0.1) is 11.8 Å². The summed E-state index contributed by atoms with van der Waals surface area (Å²) in [7, 11) is 0. The molecule has 37 heavy (non-hydrogen) atoms. The Morgan fingerprint density at radius 3 is 2.43 bits per heavy atom. The summed E-state index contributed by atoms with van der Waals surface area (Å²) < 4.78 is 6.64. The van der Waals surface area contributed by atoms with Crippen molar-refractivity contribution in [3.05, 3.63) is 25.3 Å². The minimum absolute atomic E-state index is 0.0865. The van der Waals surface area contributed by atoms with Crippen LogP contribution in [-0.4, -0.2) is 98.4 Å². The van der Waals surface area contributed by atoms with Crippen molar-refractivity contribution < 1.29 is 24.2 Å². The van der Waals surface area contributed by atoms with Gasteiger partial charge in [-0.15, -0.1) is 13.2 Å². The van der Waals surface area contributed by atoms with Crippen LogP contribution in [0.2, 0.25) is 0 Å². The van der Waals surface area contributed by atoms with E-state index in [2.05, 4.69) is 29.1 Å². The monoisotopic (exact) mass is 581 g/mol. The maximum absolute atomic E-state index is 14.3. The van der Waals surface area contributed by atoms with Crippen molar-refractivity contribution in [2.24, 2.45) is 11.8 Å². The number of ether oxygens (including phenoxy) is 1. The Morgan fingerprint density at radius 1 is 1.19 bits per heavy atom. The summed E-state index contributed by atoms with van der Waals surface area (Å²) in [6.45, 7) is 17.4. The van der Waals surface area contributed by atoms with Gasteiger partial charge >= 0.3 is 0 Å². The lowest BCUT2D eigenvalue weighted by molar-refractivity contribution is -0.151. The number of unbranched alkanes of at least 4 members (excludes halogenated alkanes) is 2. The van der Waals surface area contributed by atoms with E-state index in [1.54, 1.807) is 26.9 Å². The van der Waals surface area contributed by atoms with Gasteiger partial charge in [-0.3, -0.25) is 14.4 Å². The predicted octanol–water partition coefficient (Wildman–Crippen LogP) is 3.13. The molecule has 0 aromatic heterocycles. The van der Waals surface area contributed by atoms with Crippen LogP contribution in [0.15, 0.2) is 25.3 Å². The highest BCUT2D eigenvalue weighted by Crippen LogP contribution is 2.60. The number of amides is 3. The molecule has 0 radical (unpaired) electrons. The lowest BCUT2D eigenvalue weighted by Crippen LogP contribution is -2.60. The molecule has 0 aliphatic carbocycles. The van der Waals surface area contributed by atoms with Gasteiger partial charge in [-0.2, -0.15) is 0 Å². The molecular formula is C28H44BrN3O5. The van der Waals surface area contributed by atoms with E-state index in [0.717, 1.165) is 12.8 Å². The first-order valence-electron chi connectivity index (χ1n) is 13.5. The molecule has 3 rings (SSSR count). The minimum atomic E-state index is -1.07. The van der Waals surface area contributed by atoms with Crippen molar-refractivity contribution in [2.45, 2.75) is 87.9 Å². The molecule has 1 spiro atoms. The second kappa shape index (κ2) is 12.0. The average molecular weight is 583 g/mol. The van der Waals surface area contributed by atoms with E-state index in [-0.39, 0.29) is 29.2 Å². The van der Waals surface area contributed by atoms with Crippen molar-refractivity contribution in [2.75, 3.05) is 32.8 Å². The SMILES string of the molecule is C=CCN(CCC)C(=O)[C@H]1[C@@H]2OC3(CC2Br)C(C(=O)N(CC=C)C(C)(C)C)N(CCCCCO)C(=O)[C@H]13. The Hall–Kier alpha value is -1.71. The van der Waals surface area contributed by atoms with Crippen molar-refractivity contribution in [1.29, 1.82) is 0 Å². The zero-order chi connectivity index (χ0) is 27.5. The number of halogens is 1. The van der Waals surface area contributed by atoms with E-state index in [4.69, 9.17) is 4.74 Å². The third-order valence-electron chi connectivity index (χ3n) is 7.91. The third-order valence-corrected chi connectivity index (χ3v) is 8.75. The summed E-state index contributed by atoms with van der Waals surface area (Å²) in [5.74, 6) is -1.82. The smallest absolute Gasteiger partial charge is 0.249 e. The molecule has 0 saturated carbocycles. The van der Waals surface area contributed by atoms with Crippen molar-refractivity contribution >= 4 is 33.7 Å². The van der Waals surface area contributed by atoms with Crippen molar-refractivity contribution in [3.63, 3.8) is 0 Å². The van der Waals surface area contributed by atoms with Crippen LogP contribution in [0.1, 0.15) is 59.8 Å². The van der Waals surface area contributed by atoms with Gasteiger partial charge in [0.05, 0.1) is 17.9 Å². The molecule has 9 heteroatoms. The molecule has 3 fully saturated rings. The van der Waals surface area contributed by atoms with Crippen LogP contribution in [0.25, 0.3) is 0 Å². The van der Waals surface area contributed by atoms with Crippen LogP contribution in [-0.2, 0) is 19.1 Å². The maximum atomic E-state index is 14.3. The number of carbonyl (C=O) groups is 3. The van der Waals surface area contributed by atoms with Gasteiger partial charge in [0, 0.05) is 43.2 Å². The summed E-state index contributed by atoms with van der Waals surface area (Å²) in [4.78, 5) is 47.4. The Balaban J connectivity index is 2.06. The maximum Gasteiger partial charge on any atom is 0.249 e. The summed E-state index contributed by atoms with van der Waals surface area (Å²) in [6, 6.07) is -0.819. The van der Waals surface area contributed by atoms with Gasteiger partial charge in [-0.05, 0) is 52.9 Å². The van der Waals surface area contributed by atoms with Crippen LogP contribution < -0.4 is 0 Å². The fourth-order valence-electron chi connectivity index (χ4n) is 6.40. The third kappa shape index (κ3) is 5.41. The van der Waals surface area contributed by atoms with Gasteiger partial charge in [0.2, 0.25) is 17.7 Å². The average Bonchev–Trinajstić information content (AvgIpc) is 3.42. The van der Waals surface area contributed by atoms with E-state index in [9.17, 15) is 19.5 Å². The zero-order valence-corrected chi connectivity index (χ0v) is 24.4. The number of hydrogen-bond donors (Lipinski definition) is 1. The number of aliphatic hydroxyl groups excluding tert-OH is 1. The van der Waals surface area contributed by atoms with Crippen LogP contribution in [0.5, 0.6) is 0 Å². The topological polar surface area (TPSA) is 90.4 Å². The minimum Gasteiger partial charge on any atom is -0.396 e. The van der Waals surface area contributed by atoms with Gasteiger partial charge in [0.15, 0.2) is 0 Å². The molecule has 1 N–H and O–H groups in total. The summed E-state index contributed by atoms with van der Waals surface area (Å²) in [6.07, 6.45) is 6.25. The van der Waals surface area contributed by atoms with E-state index >= 15 is 0 Å². The fraction of sp³-hybridized carbons (Fsp3) is 0.750. The first-order valence-corrected chi connectivity index (χ1v) is 14.5. The molecule has 208 valence electrons. The molecule has 0 aromatic carbocycles. The van der Waals surface area contributed by atoms with E-state index in [0.29, 0.717) is 45.4 Å². The molecule has 8 nitrogen and oxygen atoms in total. The Labute approximate surface area is 230 Å². The second-order valence-electron chi connectivity index (χ2n) is 11.5.